The molecule has 0 saturated carbocycles. The predicted molar refractivity (Wildman–Crippen MR) is 50.5 cm³/mol. The average Bonchev–Trinajstić information content (AvgIpc) is 2.15. The van der Waals surface area contributed by atoms with Crippen LogP contribution < -0.4 is 17.1 Å². The highest BCUT2D eigenvalue weighted by Gasteiger charge is 1.85. The van der Waals surface area contributed by atoms with Gasteiger partial charge in [-0.2, -0.15) is 0 Å². The number of carbonyl (C=O) groups excluding carboxylic acids is 1. The Hall–Kier alpha value is -2.38. The van der Waals surface area contributed by atoms with Crippen molar-refractivity contribution in [2.24, 2.45) is 0 Å². The van der Waals surface area contributed by atoms with Crippen molar-refractivity contribution in [2.45, 2.75) is 0 Å². The summed E-state index contributed by atoms with van der Waals surface area (Å²) in [6.07, 6.45) is 1.11. The monoisotopic (exact) mass is 215 g/mol. The number of nitrogens with one attached hydrogen (secondary N) is 3. The Morgan fingerprint density at radius 2 is 1.47 bits per heavy atom. The largest absolute Gasteiger partial charge is 0.466 e. The summed E-state index contributed by atoms with van der Waals surface area (Å²) < 4.78 is 4.14. The zero-order valence-corrected chi connectivity index (χ0v) is 7.83. The molecule has 82 valence electrons. The summed E-state index contributed by atoms with van der Waals surface area (Å²) in [5, 5.41) is 0. The molecule has 8 nitrogen and oxygen atoms in total. The van der Waals surface area contributed by atoms with Gasteiger partial charge in [-0.25, -0.2) is 19.2 Å². The van der Waals surface area contributed by atoms with Crippen LogP contribution in [0.15, 0.2) is 27.0 Å². The van der Waals surface area contributed by atoms with E-state index in [1.165, 1.54) is 7.11 Å². The zero-order chi connectivity index (χ0) is 11.8. The summed E-state index contributed by atoms with van der Waals surface area (Å²) in [5.74, 6) is -0.394. The van der Waals surface area contributed by atoms with Crippen LogP contribution in [0.5, 0.6) is 0 Å². The Kier molecular flexibility index (Phi) is 5.16. The number of ether oxygens (including phenoxy) is 1. The molecule has 0 amide bonds. The molecule has 0 saturated heterocycles. The Balaban J connectivity index is 0.000000288. The molecule has 0 atom stereocenters. The van der Waals surface area contributed by atoms with Gasteiger partial charge in [0.1, 0.15) is 0 Å². The van der Waals surface area contributed by atoms with Gasteiger partial charge in [-0.15, -0.1) is 0 Å². The first-order valence-electron chi connectivity index (χ1n) is 3.63. The highest BCUT2D eigenvalue weighted by Crippen LogP contribution is 1.67. The van der Waals surface area contributed by atoms with E-state index < -0.39 is 23.0 Å². The lowest BCUT2D eigenvalue weighted by molar-refractivity contribution is -0.134. The number of aromatic nitrogens is 3. The molecule has 0 spiro atoms. The molecule has 0 aromatic carbocycles. The first-order valence-corrected chi connectivity index (χ1v) is 3.63. The van der Waals surface area contributed by atoms with Gasteiger partial charge in [0, 0.05) is 6.08 Å². The summed E-state index contributed by atoms with van der Waals surface area (Å²) in [4.78, 5) is 45.7. The van der Waals surface area contributed by atoms with Crippen LogP contribution in [-0.2, 0) is 9.53 Å². The molecule has 1 aromatic heterocycles. The maximum Gasteiger partial charge on any atom is 0.330 e. The minimum atomic E-state index is -0.802. The Bertz CT molecular complexity index is 416. The molecule has 0 fully saturated rings. The van der Waals surface area contributed by atoms with Crippen molar-refractivity contribution in [3.63, 3.8) is 0 Å². The lowest BCUT2D eigenvalue weighted by Crippen LogP contribution is -2.34. The smallest absolute Gasteiger partial charge is 0.330 e. The van der Waals surface area contributed by atoms with E-state index in [-0.39, 0.29) is 0 Å². The number of H-pyrrole nitrogens is 3. The first-order chi connectivity index (χ1) is 6.99. The normalized spacial score (nSPS) is 8.33. The molecule has 3 N–H and O–H groups in total. The second kappa shape index (κ2) is 6.13. The van der Waals surface area contributed by atoms with E-state index in [1.807, 2.05) is 0 Å². The minimum absolute atomic E-state index is 0.394. The number of aromatic amines is 3. The van der Waals surface area contributed by atoms with E-state index >= 15 is 0 Å². The highest BCUT2D eigenvalue weighted by molar-refractivity contribution is 5.80. The van der Waals surface area contributed by atoms with Crippen LogP contribution in [-0.4, -0.2) is 28.0 Å². The summed E-state index contributed by atoms with van der Waals surface area (Å²) in [6, 6.07) is 0. The van der Waals surface area contributed by atoms with Crippen molar-refractivity contribution in [3.8, 4) is 0 Å². The van der Waals surface area contributed by atoms with E-state index in [9.17, 15) is 19.2 Å². The van der Waals surface area contributed by atoms with Crippen LogP contribution in [0, 0.1) is 0 Å². The lowest BCUT2D eigenvalue weighted by Gasteiger charge is -1.83. The Morgan fingerprint density at radius 1 is 1.13 bits per heavy atom. The molecule has 0 aliphatic heterocycles. The quantitative estimate of drug-likeness (QED) is 0.372. The number of esters is 1. The average molecular weight is 215 g/mol. The van der Waals surface area contributed by atoms with Crippen molar-refractivity contribution >= 4 is 5.97 Å². The third-order valence-electron chi connectivity index (χ3n) is 1.05. The number of methoxy groups -OCH3 is 1. The molecule has 0 unspecified atom stereocenters. The van der Waals surface area contributed by atoms with Crippen LogP contribution in [0.3, 0.4) is 0 Å². The van der Waals surface area contributed by atoms with Crippen molar-refractivity contribution in [3.05, 3.63) is 44.1 Å². The summed E-state index contributed by atoms with van der Waals surface area (Å²) in [5.41, 5.74) is -2.41. The SMILES string of the molecule is C=CC(=O)OC.O=c1[nH]c(=O)[nH]c(=O)[nH]1. The third kappa shape index (κ3) is 5.80. The van der Waals surface area contributed by atoms with Gasteiger partial charge in [-0.05, 0) is 0 Å². The van der Waals surface area contributed by atoms with Crippen LogP contribution in [0.4, 0.5) is 0 Å². The summed E-state index contributed by atoms with van der Waals surface area (Å²) in [7, 11) is 1.31. The molecule has 0 bridgehead atoms. The highest BCUT2D eigenvalue weighted by atomic mass is 16.5. The number of rotatable bonds is 1. The fourth-order valence-electron chi connectivity index (χ4n) is 0.486. The van der Waals surface area contributed by atoms with Gasteiger partial charge in [0.15, 0.2) is 0 Å². The van der Waals surface area contributed by atoms with Gasteiger partial charge in [0.2, 0.25) is 0 Å². The van der Waals surface area contributed by atoms with Gasteiger partial charge in [-0.1, -0.05) is 6.58 Å². The molecule has 8 heteroatoms. The molecule has 0 aliphatic rings. The Morgan fingerprint density at radius 3 is 1.60 bits per heavy atom. The molecule has 0 aliphatic carbocycles. The Labute approximate surface area is 82.6 Å². The molecule has 1 aromatic rings. The number of carbonyl (C=O) groups is 1. The topological polar surface area (TPSA) is 125 Å². The minimum Gasteiger partial charge on any atom is -0.466 e. The maximum absolute atomic E-state index is 10.2. The van der Waals surface area contributed by atoms with Crippen molar-refractivity contribution in [1.29, 1.82) is 0 Å². The number of hydrogen-bond donors (Lipinski definition) is 3. The molecule has 0 radical (unpaired) electrons. The molecular formula is C7H9N3O5. The fraction of sp³-hybridized carbons (Fsp3) is 0.143. The van der Waals surface area contributed by atoms with E-state index in [1.54, 1.807) is 15.0 Å². The standard InChI is InChI=1S/C4H6O2.C3H3N3O3/c1-3-4(5)6-2;7-1-4-2(8)6-3(9)5-1/h3H,1H2,2H3;(H3,4,5,6,7,8,9). The fourth-order valence-corrected chi connectivity index (χ4v) is 0.486. The van der Waals surface area contributed by atoms with E-state index in [0.29, 0.717) is 0 Å². The van der Waals surface area contributed by atoms with E-state index in [4.69, 9.17) is 0 Å². The van der Waals surface area contributed by atoms with Gasteiger partial charge >= 0.3 is 23.0 Å². The van der Waals surface area contributed by atoms with Crippen molar-refractivity contribution < 1.29 is 9.53 Å². The zero-order valence-electron chi connectivity index (χ0n) is 7.83. The van der Waals surface area contributed by atoms with Crippen LogP contribution >= 0.6 is 0 Å². The lowest BCUT2D eigenvalue weighted by atomic mass is 10.7. The molecule has 15 heavy (non-hydrogen) atoms. The van der Waals surface area contributed by atoms with E-state index in [0.717, 1.165) is 6.08 Å². The van der Waals surface area contributed by atoms with Crippen LogP contribution in [0.25, 0.3) is 0 Å². The third-order valence-corrected chi connectivity index (χ3v) is 1.05. The van der Waals surface area contributed by atoms with Gasteiger partial charge in [-0.3, -0.25) is 15.0 Å². The summed E-state index contributed by atoms with van der Waals surface area (Å²) >= 11 is 0. The van der Waals surface area contributed by atoms with Gasteiger partial charge in [0.05, 0.1) is 7.11 Å². The maximum atomic E-state index is 10.2. The molecule has 1 rings (SSSR count). The van der Waals surface area contributed by atoms with Crippen LogP contribution in [0.2, 0.25) is 0 Å². The second-order valence-electron chi connectivity index (χ2n) is 2.09. The van der Waals surface area contributed by atoms with Crippen molar-refractivity contribution in [2.75, 3.05) is 7.11 Å². The van der Waals surface area contributed by atoms with Crippen LogP contribution in [0.1, 0.15) is 0 Å². The van der Waals surface area contributed by atoms with Gasteiger partial charge in [0.25, 0.3) is 0 Å². The second-order valence-corrected chi connectivity index (χ2v) is 2.09. The van der Waals surface area contributed by atoms with E-state index in [2.05, 4.69) is 11.3 Å². The molecular weight excluding hydrogens is 206 g/mol. The number of hydrogen-bond acceptors (Lipinski definition) is 5. The molecule has 1 heterocycles. The predicted octanol–water partition coefficient (Wildman–Crippen LogP) is -1.90. The first kappa shape index (κ1) is 12.6. The summed E-state index contributed by atoms with van der Waals surface area (Å²) in [6.45, 7) is 3.16. The van der Waals surface area contributed by atoms with Crippen molar-refractivity contribution in [1.82, 2.24) is 15.0 Å². The van der Waals surface area contributed by atoms with Gasteiger partial charge < -0.3 is 4.74 Å².